The van der Waals surface area contributed by atoms with Crippen LogP contribution < -0.4 is 0 Å². The number of rotatable bonds is 0. The highest BCUT2D eigenvalue weighted by atomic mass is 19.1. The zero-order valence-electron chi connectivity index (χ0n) is 5.96. The molecule has 0 radical (unpaired) electrons. The molecule has 60 valence electrons. The van der Waals surface area contributed by atoms with Gasteiger partial charge in [0.15, 0.2) is 0 Å². The molecule has 0 aliphatic heterocycles. The minimum absolute atomic E-state index is 0.358. The van der Waals surface area contributed by atoms with Crippen molar-refractivity contribution in [3.8, 4) is 0 Å². The number of nitrogens with zero attached hydrogens (tertiary/aromatic N) is 2. The summed E-state index contributed by atoms with van der Waals surface area (Å²) in [5.74, 6) is -1.06. The van der Waals surface area contributed by atoms with Gasteiger partial charge in [-0.1, -0.05) is 0 Å². The second-order valence-corrected chi connectivity index (χ2v) is 2.33. The summed E-state index contributed by atoms with van der Waals surface area (Å²) in [5, 5.41) is 0. The van der Waals surface area contributed by atoms with Gasteiger partial charge < -0.3 is 0 Å². The van der Waals surface area contributed by atoms with E-state index in [0.717, 1.165) is 6.20 Å². The van der Waals surface area contributed by atoms with Gasteiger partial charge in [0.05, 0.1) is 17.2 Å². The lowest BCUT2D eigenvalue weighted by atomic mass is 10.3. The maximum absolute atomic E-state index is 12.6. The van der Waals surface area contributed by atoms with Gasteiger partial charge in [-0.15, -0.1) is 0 Å². The van der Waals surface area contributed by atoms with Crippen LogP contribution in [0.15, 0.2) is 24.4 Å². The van der Waals surface area contributed by atoms with E-state index in [2.05, 4.69) is 9.97 Å². The summed E-state index contributed by atoms with van der Waals surface area (Å²) < 4.78 is 25.0. The molecular formula is C8H4F2N2. The summed E-state index contributed by atoms with van der Waals surface area (Å²) in [6.07, 6.45) is 0.960. The van der Waals surface area contributed by atoms with Crippen molar-refractivity contribution >= 4 is 11.0 Å². The van der Waals surface area contributed by atoms with Crippen molar-refractivity contribution in [1.82, 2.24) is 9.97 Å². The van der Waals surface area contributed by atoms with Crippen molar-refractivity contribution in [3.63, 3.8) is 0 Å². The predicted octanol–water partition coefficient (Wildman–Crippen LogP) is 1.91. The van der Waals surface area contributed by atoms with E-state index in [4.69, 9.17) is 0 Å². The lowest BCUT2D eigenvalue weighted by Crippen LogP contribution is -1.88. The summed E-state index contributed by atoms with van der Waals surface area (Å²) in [6.45, 7) is 0. The molecule has 2 aromatic rings. The van der Waals surface area contributed by atoms with E-state index < -0.39 is 11.8 Å². The molecule has 0 spiro atoms. The normalized spacial score (nSPS) is 10.5. The van der Waals surface area contributed by atoms with Crippen LogP contribution in [0.2, 0.25) is 0 Å². The van der Waals surface area contributed by atoms with Crippen molar-refractivity contribution < 1.29 is 8.78 Å². The molecule has 0 aliphatic carbocycles. The smallest absolute Gasteiger partial charge is 0.231 e. The molecule has 0 fully saturated rings. The molecule has 2 rings (SSSR count). The Morgan fingerprint density at radius 1 is 1.08 bits per heavy atom. The molecule has 0 unspecified atom stereocenters. The second-order valence-electron chi connectivity index (χ2n) is 2.33. The first kappa shape index (κ1) is 7.09. The van der Waals surface area contributed by atoms with Crippen LogP contribution in [0.3, 0.4) is 0 Å². The van der Waals surface area contributed by atoms with E-state index in [0.29, 0.717) is 11.0 Å². The maximum atomic E-state index is 12.6. The van der Waals surface area contributed by atoms with E-state index >= 15 is 0 Å². The third-order valence-corrected chi connectivity index (χ3v) is 1.47. The Kier molecular flexibility index (Phi) is 1.46. The second kappa shape index (κ2) is 2.48. The highest BCUT2D eigenvalue weighted by Gasteiger charge is 1.99. The van der Waals surface area contributed by atoms with Gasteiger partial charge in [-0.25, -0.2) is 14.4 Å². The first-order chi connectivity index (χ1) is 5.75. The van der Waals surface area contributed by atoms with Crippen LogP contribution in [0.25, 0.3) is 11.0 Å². The molecule has 2 nitrogen and oxygen atoms in total. The van der Waals surface area contributed by atoms with Gasteiger partial charge in [0.2, 0.25) is 5.95 Å². The zero-order valence-corrected chi connectivity index (χ0v) is 5.96. The average Bonchev–Trinajstić information content (AvgIpc) is 2.05. The standard InChI is InChI=1S/C8H4F2N2/c9-5-1-2-6-7(3-5)11-4-8(10)12-6/h1-4H. The van der Waals surface area contributed by atoms with Gasteiger partial charge in [0, 0.05) is 6.07 Å². The Morgan fingerprint density at radius 3 is 2.75 bits per heavy atom. The third-order valence-electron chi connectivity index (χ3n) is 1.47. The van der Waals surface area contributed by atoms with Crippen LogP contribution in [0, 0.1) is 11.8 Å². The molecule has 0 bridgehead atoms. The Morgan fingerprint density at radius 2 is 1.92 bits per heavy atom. The molecule has 1 aromatic heterocycles. The molecule has 4 heteroatoms. The van der Waals surface area contributed by atoms with Gasteiger partial charge in [-0.05, 0) is 12.1 Å². The lowest BCUT2D eigenvalue weighted by molar-refractivity contribution is 0.582. The Labute approximate surface area is 66.9 Å². The average molecular weight is 166 g/mol. The first-order valence-electron chi connectivity index (χ1n) is 3.33. The molecule has 1 aromatic carbocycles. The Hall–Kier alpha value is -1.58. The van der Waals surface area contributed by atoms with Crippen LogP contribution in [0.1, 0.15) is 0 Å². The highest BCUT2D eigenvalue weighted by molar-refractivity contribution is 5.73. The molecule has 0 saturated carbocycles. The number of hydrogen-bond acceptors (Lipinski definition) is 2. The third kappa shape index (κ3) is 1.11. The number of aromatic nitrogens is 2. The fourth-order valence-corrected chi connectivity index (χ4v) is 0.961. The summed E-state index contributed by atoms with van der Waals surface area (Å²) in [7, 11) is 0. The molecule has 0 N–H and O–H groups in total. The van der Waals surface area contributed by atoms with Crippen LogP contribution in [0.5, 0.6) is 0 Å². The number of fused-ring (bicyclic) bond motifs is 1. The summed E-state index contributed by atoms with van der Waals surface area (Å²) in [5.41, 5.74) is 0.716. The Bertz CT molecular complexity index is 387. The quantitative estimate of drug-likeness (QED) is 0.597. The van der Waals surface area contributed by atoms with Crippen LogP contribution in [-0.2, 0) is 0 Å². The molecule has 0 amide bonds. The monoisotopic (exact) mass is 166 g/mol. The Balaban J connectivity index is 2.79. The van der Waals surface area contributed by atoms with E-state index in [1.54, 1.807) is 0 Å². The first-order valence-corrected chi connectivity index (χ1v) is 3.33. The largest absolute Gasteiger partial charge is 0.250 e. The molecule has 0 atom stereocenters. The van der Waals surface area contributed by atoms with Crippen molar-refractivity contribution in [2.75, 3.05) is 0 Å². The molecule has 0 saturated heterocycles. The summed E-state index contributed by atoms with van der Waals surface area (Å²) in [6, 6.07) is 3.82. The zero-order chi connectivity index (χ0) is 8.55. The van der Waals surface area contributed by atoms with Crippen molar-refractivity contribution in [3.05, 3.63) is 36.2 Å². The molecule has 1 heterocycles. The SMILES string of the molecule is Fc1ccc2nc(F)cnc2c1. The molecular weight excluding hydrogens is 162 g/mol. The van der Waals surface area contributed by atoms with Gasteiger partial charge in [0.1, 0.15) is 5.82 Å². The number of benzene rings is 1. The lowest BCUT2D eigenvalue weighted by Gasteiger charge is -1.94. The topological polar surface area (TPSA) is 25.8 Å². The van der Waals surface area contributed by atoms with E-state index in [1.807, 2.05) is 0 Å². The van der Waals surface area contributed by atoms with Gasteiger partial charge in [-0.3, -0.25) is 0 Å². The minimum atomic E-state index is -0.658. The summed E-state index contributed by atoms with van der Waals surface area (Å²) in [4.78, 5) is 7.18. The molecule has 0 aliphatic rings. The van der Waals surface area contributed by atoms with Crippen molar-refractivity contribution in [2.24, 2.45) is 0 Å². The van der Waals surface area contributed by atoms with Crippen molar-refractivity contribution in [2.45, 2.75) is 0 Å². The van der Waals surface area contributed by atoms with Gasteiger partial charge in [-0.2, -0.15) is 4.39 Å². The van der Waals surface area contributed by atoms with Crippen LogP contribution >= 0.6 is 0 Å². The van der Waals surface area contributed by atoms with E-state index in [9.17, 15) is 8.78 Å². The number of halogens is 2. The predicted molar refractivity (Wildman–Crippen MR) is 39.5 cm³/mol. The highest BCUT2D eigenvalue weighted by Crippen LogP contribution is 2.10. The van der Waals surface area contributed by atoms with Crippen molar-refractivity contribution in [1.29, 1.82) is 0 Å². The number of hydrogen-bond donors (Lipinski definition) is 0. The van der Waals surface area contributed by atoms with E-state index in [1.165, 1.54) is 18.2 Å². The minimum Gasteiger partial charge on any atom is -0.250 e. The van der Waals surface area contributed by atoms with Gasteiger partial charge >= 0.3 is 0 Å². The maximum Gasteiger partial charge on any atom is 0.231 e. The van der Waals surface area contributed by atoms with Crippen LogP contribution in [0.4, 0.5) is 8.78 Å². The van der Waals surface area contributed by atoms with Crippen LogP contribution in [-0.4, -0.2) is 9.97 Å². The fraction of sp³-hybridized carbons (Fsp3) is 0. The van der Waals surface area contributed by atoms with Gasteiger partial charge in [0.25, 0.3) is 0 Å². The fourth-order valence-electron chi connectivity index (χ4n) is 0.961. The van der Waals surface area contributed by atoms with E-state index in [-0.39, 0.29) is 0 Å². The summed E-state index contributed by atoms with van der Waals surface area (Å²) >= 11 is 0. The molecule has 12 heavy (non-hydrogen) atoms.